The Kier molecular flexibility index (Phi) is 5.37. The van der Waals surface area contributed by atoms with E-state index in [1.54, 1.807) is 12.1 Å². The fraction of sp³-hybridized carbons (Fsp3) is 0.250. The molecular weight excluding hydrogens is 354 g/mol. The highest BCUT2D eigenvalue weighted by molar-refractivity contribution is 9.10. The summed E-state index contributed by atoms with van der Waals surface area (Å²) in [6.07, 6.45) is 0.923. The number of phenolic OH excluding ortho intramolecular Hbond substituents is 1. The van der Waals surface area contributed by atoms with Gasteiger partial charge >= 0.3 is 0 Å². The largest absolute Gasteiger partial charge is 0.504 e. The molecule has 0 amide bonds. The van der Waals surface area contributed by atoms with Crippen LogP contribution in [0.3, 0.4) is 0 Å². The van der Waals surface area contributed by atoms with Crippen LogP contribution < -0.4 is 10.1 Å². The number of methoxy groups -OCH3 is 1. The van der Waals surface area contributed by atoms with E-state index < -0.39 is 0 Å². The van der Waals surface area contributed by atoms with Crippen molar-refractivity contribution in [1.29, 1.82) is 0 Å². The van der Waals surface area contributed by atoms with Gasteiger partial charge in [0.25, 0.3) is 0 Å². The SMILES string of the molecule is CCc1cc(Br)ccc1NCc1cc(Cl)cc(OC)c1O. The van der Waals surface area contributed by atoms with Gasteiger partial charge in [-0.3, -0.25) is 0 Å². The Balaban J connectivity index is 2.22. The minimum Gasteiger partial charge on any atom is -0.504 e. The van der Waals surface area contributed by atoms with Gasteiger partial charge in [-0.15, -0.1) is 0 Å². The lowest BCUT2D eigenvalue weighted by atomic mass is 10.1. The van der Waals surface area contributed by atoms with Gasteiger partial charge in [0.2, 0.25) is 0 Å². The van der Waals surface area contributed by atoms with E-state index in [1.807, 2.05) is 12.1 Å². The first kappa shape index (κ1) is 16.0. The molecule has 21 heavy (non-hydrogen) atoms. The molecule has 0 aromatic heterocycles. The molecule has 0 atom stereocenters. The van der Waals surface area contributed by atoms with Crippen molar-refractivity contribution in [3.05, 3.63) is 51.0 Å². The van der Waals surface area contributed by atoms with Crippen molar-refractivity contribution in [3.63, 3.8) is 0 Å². The second kappa shape index (κ2) is 7.05. The van der Waals surface area contributed by atoms with Gasteiger partial charge in [-0.25, -0.2) is 0 Å². The summed E-state index contributed by atoms with van der Waals surface area (Å²) in [4.78, 5) is 0. The molecule has 0 bridgehead atoms. The zero-order valence-corrected chi connectivity index (χ0v) is 14.3. The smallest absolute Gasteiger partial charge is 0.162 e. The van der Waals surface area contributed by atoms with Crippen LogP contribution in [-0.2, 0) is 13.0 Å². The molecule has 5 heteroatoms. The number of ether oxygens (including phenoxy) is 1. The lowest BCUT2D eigenvalue weighted by Crippen LogP contribution is -2.03. The zero-order chi connectivity index (χ0) is 15.4. The number of aryl methyl sites for hydroxylation is 1. The number of halogens is 2. The third-order valence-electron chi connectivity index (χ3n) is 3.26. The van der Waals surface area contributed by atoms with Crippen LogP contribution in [0.4, 0.5) is 5.69 Å². The standard InChI is InChI=1S/C16H17BrClNO2/c1-3-10-6-12(17)4-5-14(10)19-9-11-7-13(18)8-15(21-2)16(11)20/h4-8,19-20H,3,9H2,1-2H3. The first-order valence-corrected chi connectivity index (χ1v) is 7.80. The maximum Gasteiger partial charge on any atom is 0.162 e. The van der Waals surface area contributed by atoms with Gasteiger partial charge in [-0.2, -0.15) is 0 Å². The maximum atomic E-state index is 10.1. The van der Waals surface area contributed by atoms with Crippen molar-refractivity contribution in [3.8, 4) is 11.5 Å². The summed E-state index contributed by atoms with van der Waals surface area (Å²) in [7, 11) is 1.51. The third-order valence-corrected chi connectivity index (χ3v) is 3.97. The first-order chi connectivity index (χ1) is 10.0. The van der Waals surface area contributed by atoms with E-state index in [-0.39, 0.29) is 5.75 Å². The van der Waals surface area contributed by atoms with Crippen LogP contribution in [0, 0.1) is 0 Å². The van der Waals surface area contributed by atoms with E-state index >= 15 is 0 Å². The van der Waals surface area contributed by atoms with E-state index in [2.05, 4.69) is 34.2 Å². The molecule has 0 saturated carbocycles. The molecule has 2 N–H and O–H groups in total. The Morgan fingerprint density at radius 3 is 2.67 bits per heavy atom. The molecule has 0 aliphatic heterocycles. The molecule has 2 aromatic rings. The molecule has 0 fully saturated rings. The highest BCUT2D eigenvalue weighted by atomic mass is 79.9. The molecule has 0 spiro atoms. The van der Waals surface area contributed by atoms with Crippen LogP contribution in [0.1, 0.15) is 18.1 Å². The van der Waals surface area contributed by atoms with Gasteiger partial charge in [-0.1, -0.05) is 34.5 Å². The molecule has 0 unspecified atom stereocenters. The maximum absolute atomic E-state index is 10.1. The van der Waals surface area contributed by atoms with Crippen molar-refractivity contribution >= 4 is 33.2 Å². The third kappa shape index (κ3) is 3.83. The van der Waals surface area contributed by atoms with Crippen molar-refractivity contribution in [2.24, 2.45) is 0 Å². The topological polar surface area (TPSA) is 41.5 Å². The predicted molar refractivity (Wildman–Crippen MR) is 90.5 cm³/mol. The van der Waals surface area contributed by atoms with Gasteiger partial charge in [0.15, 0.2) is 11.5 Å². The summed E-state index contributed by atoms with van der Waals surface area (Å²) in [6.45, 7) is 2.57. The van der Waals surface area contributed by atoms with E-state index in [1.165, 1.54) is 12.7 Å². The van der Waals surface area contributed by atoms with Gasteiger partial charge in [0.1, 0.15) is 0 Å². The van der Waals surface area contributed by atoms with Crippen molar-refractivity contribution < 1.29 is 9.84 Å². The molecule has 2 rings (SSSR count). The van der Waals surface area contributed by atoms with Gasteiger partial charge in [-0.05, 0) is 36.2 Å². The summed E-state index contributed by atoms with van der Waals surface area (Å²) in [5, 5.41) is 14.0. The van der Waals surface area contributed by atoms with Gasteiger partial charge in [0, 0.05) is 33.4 Å². The molecule has 2 aromatic carbocycles. The Hall–Kier alpha value is -1.39. The lowest BCUT2D eigenvalue weighted by Gasteiger charge is -2.14. The number of benzene rings is 2. The Labute approximate surface area is 138 Å². The second-order valence-electron chi connectivity index (χ2n) is 4.62. The van der Waals surface area contributed by atoms with Crippen molar-refractivity contribution in [2.45, 2.75) is 19.9 Å². The Morgan fingerprint density at radius 1 is 1.24 bits per heavy atom. The molecule has 0 aliphatic carbocycles. The van der Waals surface area contributed by atoms with Crippen LogP contribution in [0.15, 0.2) is 34.8 Å². The summed E-state index contributed by atoms with van der Waals surface area (Å²) < 4.78 is 6.16. The van der Waals surface area contributed by atoms with Crippen LogP contribution >= 0.6 is 27.5 Å². The Morgan fingerprint density at radius 2 is 2.00 bits per heavy atom. The summed E-state index contributed by atoms with van der Waals surface area (Å²) in [5.41, 5.74) is 2.95. The second-order valence-corrected chi connectivity index (χ2v) is 5.98. The number of hydrogen-bond donors (Lipinski definition) is 2. The molecule has 0 radical (unpaired) electrons. The highest BCUT2D eigenvalue weighted by Crippen LogP contribution is 2.34. The normalized spacial score (nSPS) is 10.5. The fourth-order valence-corrected chi connectivity index (χ4v) is 2.78. The van der Waals surface area contributed by atoms with Gasteiger partial charge < -0.3 is 15.2 Å². The average molecular weight is 371 g/mol. The number of phenols is 1. The molecular formula is C16H17BrClNO2. The highest BCUT2D eigenvalue weighted by Gasteiger charge is 2.10. The van der Waals surface area contributed by atoms with E-state index in [4.69, 9.17) is 16.3 Å². The quantitative estimate of drug-likeness (QED) is 0.779. The number of rotatable bonds is 5. The van der Waals surface area contributed by atoms with Crippen LogP contribution in [-0.4, -0.2) is 12.2 Å². The van der Waals surface area contributed by atoms with E-state index in [9.17, 15) is 5.11 Å². The number of anilines is 1. The summed E-state index contributed by atoms with van der Waals surface area (Å²) in [6, 6.07) is 9.41. The van der Waals surface area contributed by atoms with Crippen LogP contribution in [0.25, 0.3) is 0 Å². The molecule has 0 aliphatic rings. The molecule has 0 heterocycles. The number of nitrogens with one attached hydrogen (secondary N) is 1. The minimum atomic E-state index is 0.115. The summed E-state index contributed by atoms with van der Waals surface area (Å²) >= 11 is 9.51. The summed E-state index contributed by atoms with van der Waals surface area (Å²) in [5.74, 6) is 0.496. The van der Waals surface area contributed by atoms with Crippen LogP contribution in [0.2, 0.25) is 5.02 Å². The average Bonchev–Trinajstić information content (AvgIpc) is 2.48. The van der Waals surface area contributed by atoms with E-state index in [0.717, 1.165) is 16.6 Å². The zero-order valence-electron chi connectivity index (χ0n) is 11.9. The number of hydrogen-bond acceptors (Lipinski definition) is 3. The minimum absolute atomic E-state index is 0.115. The first-order valence-electron chi connectivity index (χ1n) is 6.62. The molecule has 0 saturated heterocycles. The van der Waals surface area contributed by atoms with E-state index in [0.29, 0.717) is 22.9 Å². The van der Waals surface area contributed by atoms with Crippen LogP contribution in [0.5, 0.6) is 11.5 Å². The molecule has 3 nitrogen and oxygen atoms in total. The van der Waals surface area contributed by atoms with Crippen molar-refractivity contribution in [1.82, 2.24) is 0 Å². The van der Waals surface area contributed by atoms with Gasteiger partial charge in [0.05, 0.1) is 7.11 Å². The van der Waals surface area contributed by atoms with Crippen molar-refractivity contribution in [2.75, 3.05) is 12.4 Å². The number of aromatic hydroxyl groups is 1. The monoisotopic (exact) mass is 369 g/mol. The fourth-order valence-electron chi connectivity index (χ4n) is 2.14. The lowest BCUT2D eigenvalue weighted by molar-refractivity contribution is 0.371. The molecule has 112 valence electrons. The predicted octanol–water partition coefficient (Wildman–Crippen LogP) is 4.99. The Bertz CT molecular complexity index is 646.